The zero-order valence-electron chi connectivity index (χ0n) is 16.5. The molecule has 0 amide bonds. The molecule has 0 aromatic heterocycles. The second kappa shape index (κ2) is 6.92. The molecule has 4 nitrogen and oxygen atoms in total. The van der Waals surface area contributed by atoms with Gasteiger partial charge in [0.25, 0.3) is 10.0 Å². The molecule has 6 heteroatoms. The molecular formula is C23H26ClNO3S. The van der Waals surface area contributed by atoms with Gasteiger partial charge in [0.1, 0.15) is 10.6 Å². The van der Waals surface area contributed by atoms with Crippen LogP contribution >= 0.6 is 11.6 Å². The first-order valence-corrected chi connectivity index (χ1v) is 12.2. The van der Waals surface area contributed by atoms with E-state index in [1.807, 2.05) is 12.1 Å². The van der Waals surface area contributed by atoms with E-state index in [0.717, 1.165) is 17.8 Å². The minimum Gasteiger partial charge on any atom is -0.495 e. The molecular weight excluding hydrogens is 406 g/mol. The number of halogens is 1. The first-order valence-electron chi connectivity index (χ1n) is 10.3. The smallest absolute Gasteiger partial charge is 0.265 e. The Bertz CT molecular complexity index is 997. The second-order valence-corrected chi connectivity index (χ2v) is 11.3. The van der Waals surface area contributed by atoms with Gasteiger partial charge in [-0.05, 0) is 97.6 Å². The monoisotopic (exact) mass is 431 g/mol. The van der Waals surface area contributed by atoms with Crippen LogP contribution in [-0.4, -0.2) is 15.5 Å². The van der Waals surface area contributed by atoms with E-state index in [1.54, 1.807) is 12.1 Å². The Morgan fingerprint density at radius 1 is 0.966 bits per heavy atom. The molecule has 0 radical (unpaired) electrons. The highest BCUT2D eigenvalue weighted by molar-refractivity contribution is 7.92. The number of anilines is 1. The van der Waals surface area contributed by atoms with Gasteiger partial charge in [-0.3, -0.25) is 4.72 Å². The quantitative estimate of drug-likeness (QED) is 0.668. The van der Waals surface area contributed by atoms with Crippen molar-refractivity contribution in [2.75, 3.05) is 11.8 Å². The molecule has 0 saturated heterocycles. The van der Waals surface area contributed by atoms with E-state index in [2.05, 4.69) is 16.9 Å². The third-order valence-corrected chi connectivity index (χ3v) is 8.84. The first kappa shape index (κ1) is 19.3. The summed E-state index contributed by atoms with van der Waals surface area (Å²) in [4.78, 5) is 0.0395. The van der Waals surface area contributed by atoms with Crippen LogP contribution in [-0.2, 0) is 15.4 Å². The normalized spacial score (nSPS) is 30.3. The molecule has 29 heavy (non-hydrogen) atoms. The number of sulfonamides is 1. The molecule has 4 bridgehead atoms. The Hall–Kier alpha value is -1.72. The van der Waals surface area contributed by atoms with E-state index in [4.69, 9.17) is 16.3 Å². The standard InChI is InChI=1S/C23H26ClNO3S/c1-28-21-7-4-19(24)11-22(21)29(26,27)25-20-5-2-18(3-6-20)23-12-15-8-16(13-23)10-17(9-15)14-23/h2-7,11,15-17,25H,8-10,12-14H2,1H3. The molecule has 2 aromatic carbocycles. The molecule has 0 aliphatic heterocycles. The average Bonchev–Trinajstić information content (AvgIpc) is 2.67. The molecule has 154 valence electrons. The van der Waals surface area contributed by atoms with Crippen molar-refractivity contribution < 1.29 is 13.2 Å². The van der Waals surface area contributed by atoms with Crippen molar-refractivity contribution in [3.8, 4) is 5.75 Å². The summed E-state index contributed by atoms with van der Waals surface area (Å²) in [7, 11) is -2.35. The van der Waals surface area contributed by atoms with E-state index in [-0.39, 0.29) is 10.6 Å². The summed E-state index contributed by atoms with van der Waals surface area (Å²) >= 11 is 6.01. The second-order valence-electron chi connectivity index (χ2n) is 9.18. The lowest BCUT2D eigenvalue weighted by Crippen LogP contribution is -2.48. The highest BCUT2D eigenvalue weighted by Crippen LogP contribution is 2.60. The number of hydrogen-bond donors (Lipinski definition) is 1. The van der Waals surface area contributed by atoms with Gasteiger partial charge < -0.3 is 4.74 Å². The van der Waals surface area contributed by atoms with Crippen molar-refractivity contribution >= 4 is 27.3 Å². The lowest BCUT2D eigenvalue weighted by molar-refractivity contribution is -0.00518. The lowest BCUT2D eigenvalue weighted by Gasteiger charge is -2.57. The van der Waals surface area contributed by atoms with Gasteiger partial charge in [-0.15, -0.1) is 0 Å². The Kier molecular flexibility index (Phi) is 4.59. The van der Waals surface area contributed by atoms with E-state index in [1.165, 1.54) is 57.3 Å². The van der Waals surface area contributed by atoms with Gasteiger partial charge >= 0.3 is 0 Å². The fraction of sp³-hybridized carbons (Fsp3) is 0.478. The molecule has 0 unspecified atom stereocenters. The van der Waals surface area contributed by atoms with Crippen LogP contribution in [0.3, 0.4) is 0 Å². The van der Waals surface area contributed by atoms with E-state index < -0.39 is 10.0 Å². The Labute approximate surface area is 177 Å². The maximum absolute atomic E-state index is 12.9. The predicted octanol–water partition coefficient (Wildman–Crippen LogP) is 5.62. The summed E-state index contributed by atoms with van der Waals surface area (Å²) in [6.07, 6.45) is 8.13. The zero-order chi connectivity index (χ0) is 20.2. The molecule has 4 fully saturated rings. The van der Waals surface area contributed by atoms with Gasteiger partial charge in [-0.2, -0.15) is 0 Å². The summed E-state index contributed by atoms with van der Waals surface area (Å²) in [6, 6.07) is 12.6. The molecule has 2 aromatic rings. The van der Waals surface area contributed by atoms with Crippen LogP contribution in [0.4, 0.5) is 5.69 Å². The molecule has 0 spiro atoms. The Balaban J connectivity index is 1.39. The fourth-order valence-electron chi connectivity index (χ4n) is 6.43. The maximum atomic E-state index is 12.9. The highest BCUT2D eigenvalue weighted by Gasteiger charge is 2.51. The largest absolute Gasteiger partial charge is 0.495 e. The van der Waals surface area contributed by atoms with Crippen LogP contribution in [0.1, 0.15) is 44.1 Å². The van der Waals surface area contributed by atoms with Crippen molar-refractivity contribution in [2.24, 2.45) is 17.8 Å². The summed E-state index contributed by atoms with van der Waals surface area (Å²) in [5.74, 6) is 2.92. The molecule has 1 N–H and O–H groups in total. The molecule has 6 rings (SSSR count). The van der Waals surface area contributed by atoms with Crippen LogP contribution in [0.15, 0.2) is 47.4 Å². The number of benzene rings is 2. The van der Waals surface area contributed by atoms with E-state index >= 15 is 0 Å². The molecule has 4 aliphatic carbocycles. The lowest BCUT2D eigenvalue weighted by atomic mass is 9.48. The Morgan fingerprint density at radius 3 is 2.10 bits per heavy atom. The number of methoxy groups -OCH3 is 1. The van der Waals surface area contributed by atoms with Gasteiger partial charge in [0, 0.05) is 10.7 Å². The third kappa shape index (κ3) is 3.42. The van der Waals surface area contributed by atoms with Gasteiger partial charge in [0.05, 0.1) is 7.11 Å². The minimum absolute atomic E-state index is 0.0395. The number of ether oxygens (including phenoxy) is 1. The molecule has 4 aliphatic rings. The number of rotatable bonds is 5. The zero-order valence-corrected chi connectivity index (χ0v) is 18.1. The first-order chi connectivity index (χ1) is 13.9. The predicted molar refractivity (Wildman–Crippen MR) is 115 cm³/mol. The van der Waals surface area contributed by atoms with Gasteiger partial charge in [-0.25, -0.2) is 8.42 Å². The maximum Gasteiger partial charge on any atom is 0.265 e. The van der Waals surface area contributed by atoms with Crippen LogP contribution in [0, 0.1) is 17.8 Å². The number of hydrogen-bond acceptors (Lipinski definition) is 3. The van der Waals surface area contributed by atoms with Crippen LogP contribution < -0.4 is 9.46 Å². The minimum atomic E-state index is -3.80. The van der Waals surface area contributed by atoms with Crippen molar-refractivity contribution in [1.82, 2.24) is 0 Å². The summed E-state index contributed by atoms with van der Waals surface area (Å²) in [5.41, 5.74) is 2.24. The molecule has 4 saturated carbocycles. The van der Waals surface area contributed by atoms with Gasteiger partial charge in [0.2, 0.25) is 0 Å². The van der Waals surface area contributed by atoms with Crippen molar-refractivity contribution in [2.45, 2.75) is 48.8 Å². The average molecular weight is 432 g/mol. The SMILES string of the molecule is COc1ccc(Cl)cc1S(=O)(=O)Nc1ccc(C23CC4CC(CC(C4)C2)C3)cc1. The van der Waals surface area contributed by atoms with Crippen molar-refractivity contribution in [1.29, 1.82) is 0 Å². The van der Waals surface area contributed by atoms with Crippen LogP contribution in [0.25, 0.3) is 0 Å². The van der Waals surface area contributed by atoms with Crippen LogP contribution in [0.5, 0.6) is 5.75 Å². The van der Waals surface area contributed by atoms with Gasteiger partial charge in [-0.1, -0.05) is 23.7 Å². The van der Waals surface area contributed by atoms with Crippen molar-refractivity contribution in [3.05, 3.63) is 53.1 Å². The summed E-state index contributed by atoms with van der Waals surface area (Å²) < 4.78 is 33.7. The third-order valence-electron chi connectivity index (χ3n) is 7.20. The highest BCUT2D eigenvalue weighted by atomic mass is 35.5. The van der Waals surface area contributed by atoms with E-state index in [0.29, 0.717) is 16.1 Å². The van der Waals surface area contributed by atoms with Crippen LogP contribution in [0.2, 0.25) is 5.02 Å². The van der Waals surface area contributed by atoms with E-state index in [9.17, 15) is 8.42 Å². The van der Waals surface area contributed by atoms with Crippen molar-refractivity contribution in [3.63, 3.8) is 0 Å². The van der Waals surface area contributed by atoms with Gasteiger partial charge in [0.15, 0.2) is 0 Å². The molecule has 0 heterocycles. The molecule has 0 atom stereocenters. The Morgan fingerprint density at radius 2 is 1.55 bits per heavy atom. The summed E-state index contributed by atoms with van der Waals surface area (Å²) in [6.45, 7) is 0. The topological polar surface area (TPSA) is 55.4 Å². The summed E-state index contributed by atoms with van der Waals surface area (Å²) in [5, 5.41) is 0.350. The number of nitrogens with one attached hydrogen (secondary N) is 1. The fourth-order valence-corrected chi connectivity index (χ4v) is 7.92.